The van der Waals surface area contributed by atoms with E-state index in [2.05, 4.69) is 15.5 Å². The molecule has 0 spiro atoms. The molecule has 5 nitrogen and oxygen atoms in total. The summed E-state index contributed by atoms with van der Waals surface area (Å²) in [5.74, 6) is 0.553. The van der Waals surface area contributed by atoms with Crippen LogP contribution in [-0.4, -0.2) is 16.1 Å². The summed E-state index contributed by atoms with van der Waals surface area (Å²) < 4.78 is 5.06. The number of hydrogen-bond donors (Lipinski definition) is 2. The van der Waals surface area contributed by atoms with E-state index in [4.69, 9.17) is 4.42 Å². The maximum Gasteiger partial charge on any atom is 0.254 e. The van der Waals surface area contributed by atoms with Crippen molar-refractivity contribution in [2.75, 3.05) is 0 Å². The zero-order valence-electron chi connectivity index (χ0n) is 7.36. The van der Waals surface area contributed by atoms with Crippen molar-refractivity contribution in [2.45, 2.75) is 6.54 Å². The minimum absolute atomic E-state index is 0.171. The maximum absolute atomic E-state index is 11.4. The first-order valence-electron chi connectivity index (χ1n) is 4.15. The Morgan fingerprint density at radius 2 is 2.57 bits per heavy atom. The molecule has 0 atom stereocenters. The highest BCUT2D eigenvalue weighted by Crippen LogP contribution is 2.00. The molecule has 5 heteroatoms. The van der Waals surface area contributed by atoms with Crippen LogP contribution in [-0.2, 0) is 6.54 Å². The summed E-state index contributed by atoms with van der Waals surface area (Å²) in [4.78, 5) is 11.4. The maximum atomic E-state index is 11.4. The fourth-order valence-corrected chi connectivity index (χ4v) is 1.06. The lowest BCUT2D eigenvalue weighted by molar-refractivity contribution is 0.0948. The van der Waals surface area contributed by atoms with Crippen molar-refractivity contribution in [2.24, 2.45) is 0 Å². The van der Waals surface area contributed by atoms with Gasteiger partial charge in [-0.2, -0.15) is 5.10 Å². The summed E-state index contributed by atoms with van der Waals surface area (Å²) in [5, 5.41) is 8.94. The second-order valence-electron chi connectivity index (χ2n) is 2.75. The largest absolute Gasteiger partial charge is 0.467 e. The molecule has 2 N–H and O–H groups in total. The van der Waals surface area contributed by atoms with Gasteiger partial charge in [0.25, 0.3) is 5.91 Å². The number of amides is 1. The van der Waals surface area contributed by atoms with Gasteiger partial charge in [-0.15, -0.1) is 0 Å². The third kappa shape index (κ3) is 1.82. The second-order valence-corrected chi connectivity index (χ2v) is 2.75. The van der Waals surface area contributed by atoms with Crippen molar-refractivity contribution in [1.29, 1.82) is 0 Å². The highest BCUT2D eigenvalue weighted by Gasteiger charge is 2.06. The molecule has 2 rings (SSSR count). The average molecular weight is 191 g/mol. The molecule has 0 saturated heterocycles. The number of carbonyl (C=O) groups is 1. The first-order chi connectivity index (χ1) is 6.86. The third-order valence-corrected chi connectivity index (χ3v) is 1.76. The van der Waals surface area contributed by atoms with Crippen LogP contribution in [0.25, 0.3) is 0 Å². The number of carbonyl (C=O) groups excluding carboxylic acids is 1. The third-order valence-electron chi connectivity index (χ3n) is 1.76. The van der Waals surface area contributed by atoms with Crippen LogP contribution in [0.1, 0.15) is 16.1 Å². The van der Waals surface area contributed by atoms with Gasteiger partial charge in [0.05, 0.1) is 24.6 Å². The molecule has 0 radical (unpaired) electrons. The number of aromatic nitrogens is 2. The van der Waals surface area contributed by atoms with Crippen molar-refractivity contribution < 1.29 is 9.21 Å². The molecule has 0 unspecified atom stereocenters. The molecular weight excluding hydrogens is 182 g/mol. The number of H-pyrrole nitrogens is 1. The minimum atomic E-state index is -0.171. The van der Waals surface area contributed by atoms with Gasteiger partial charge in [0.1, 0.15) is 5.76 Å². The molecule has 72 valence electrons. The van der Waals surface area contributed by atoms with Crippen LogP contribution < -0.4 is 5.32 Å². The normalized spacial score (nSPS) is 10.0. The Kier molecular flexibility index (Phi) is 2.31. The molecule has 1 amide bonds. The summed E-state index contributed by atoms with van der Waals surface area (Å²) in [7, 11) is 0. The molecule has 0 aromatic carbocycles. The molecule has 0 aliphatic carbocycles. The van der Waals surface area contributed by atoms with E-state index in [-0.39, 0.29) is 5.91 Å². The van der Waals surface area contributed by atoms with Crippen LogP contribution in [0, 0.1) is 0 Å². The first-order valence-corrected chi connectivity index (χ1v) is 4.15. The summed E-state index contributed by atoms with van der Waals surface area (Å²) in [6, 6.07) is 3.58. The Morgan fingerprint density at radius 1 is 1.64 bits per heavy atom. The van der Waals surface area contributed by atoms with E-state index >= 15 is 0 Å². The fraction of sp³-hybridized carbons (Fsp3) is 0.111. The lowest BCUT2D eigenvalue weighted by Gasteiger charge is -1.99. The SMILES string of the molecule is O=C(NCc1ccco1)c1cn[nH]c1. The van der Waals surface area contributed by atoms with Gasteiger partial charge in [0.2, 0.25) is 0 Å². The smallest absolute Gasteiger partial charge is 0.254 e. The number of nitrogens with zero attached hydrogens (tertiary/aromatic N) is 1. The lowest BCUT2D eigenvalue weighted by atomic mass is 10.3. The molecule has 0 fully saturated rings. The summed E-state index contributed by atoms with van der Waals surface area (Å²) in [5.41, 5.74) is 0.511. The van der Waals surface area contributed by atoms with Gasteiger partial charge in [-0.1, -0.05) is 0 Å². The average Bonchev–Trinajstić information content (AvgIpc) is 2.87. The molecule has 2 aromatic heterocycles. The lowest BCUT2D eigenvalue weighted by Crippen LogP contribution is -2.21. The van der Waals surface area contributed by atoms with Crippen molar-refractivity contribution in [3.63, 3.8) is 0 Å². The van der Waals surface area contributed by atoms with Crippen LogP contribution in [0.5, 0.6) is 0 Å². The molecule has 14 heavy (non-hydrogen) atoms. The molecule has 2 heterocycles. The fourth-order valence-electron chi connectivity index (χ4n) is 1.06. The number of hydrogen-bond acceptors (Lipinski definition) is 3. The Bertz CT molecular complexity index is 392. The van der Waals surface area contributed by atoms with E-state index in [1.54, 1.807) is 18.4 Å². The van der Waals surface area contributed by atoms with Gasteiger partial charge in [-0.3, -0.25) is 9.89 Å². The van der Waals surface area contributed by atoms with E-state index in [1.165, 1.54) is 12.4 Å². The van der Waals surface area contributed by atoms with Gasteiger partial charge < -0.3 is 9.73 Å². The Labute approximate surface area is 80.1 Å². The van der Waals surface area contributed by atoms with E-state index < -0.39 is 0 Å². The van der Waals surface area contributed by atoms with Crippen molar-refractivity contribution >= 4 is 5.91 Å². The van der Waals surface area contributed by atoms with Crippen LogP contribution in [0.3, 0.4) is 0 Å². The Balaban J connectivity index is 1.90. The topological polar surface area (TPSA) is 70.9 Å². The van der Waals surface area contributed by atoms with Gasteiger partial charge >= 0.3 is 0 Å². The molecular formula is C9H9N3O2. The minimum Gasteiger partial charge on any atom is -0.467 e. The molecule has 0 aliphatic rings. The molecule has 0 saturated carbocycles. The van der Waals surface area contributed by atoms with Gasteiger partial charge in [0, 0.05) is 6.20 Å². The molecule has 0 aliphatic heterocycles. The predicted octanol–water partition coefficient (Wildman–Crippen LogP) is 0.933. The summed E-state index contributed by atoms with van der Waals surface area (Å²) >= 11 is 0. The highest BCUT2D eigenvalue weighted by atomic mass is 16.3. The van der Waals surface area contributed by atoms with Crippen LogP contribution in [0.4, 0.5) is 0 Å². The van der Waals surface area contributed by atoms with E-state index in [1.807, 2.05) is 0 Å². The van der Waals surface area contributed by atoms with Gasteiger partial charge in [-0.25, -0.2) is 0 Å². The predicted molar refractivity (Wildman–Crippen MR) is 48.5 cm³/mol. The van der Waals surface area contributed by atoms with Crippen molar-refractivity contribution in [3.05, 3.63) is 42.1 Å². The monoisotopic (exact) mass is 191 g/mol. The van der Waals surface area contributed by atoms with Crippen LogP contribution >= 0.6 is 0 Å². The Morgan fingerprint density at radius 3 is 3.21 bits per heavy atom. The Hall–Kier alpha value is -2.04. The van der Waals surface area contributed by atoms with Crippen molar-refractivity contribution in [3.8, 4) is 0 Å². The highest BCUT2D eigenvalue weighted by molar-refractivity contribution is 5.93. The molecule has 2 aromatic rings. The van der Waals surface area contributed by atoms with Gasteiger partial charge in [0.15, 0.2) is 0 Å². The quantitative estimate of drug-likeness (QED) is 0.758. The van der Waals surface area contributed by atoms with Crippen molar-refractivity contribution in [1.82, 2.24) is 15.5 Å². The van der Waals surface area contributed by atoms with Crippen LogP contribution in [0.2, 0.25) is 0 Å². The standard InChI is InChI=1S/C9H9N3O2/c13-9(7-4-11-12-5-7)10-6-8-2-1-3-14-8/h1-5H,6H2,(H,10,13)(H,11,12). The van der Waals surface area contributed by atoms with Crippen LogP contribution in [0.15, 0.2) is 35.2 Å². The zero-order valence-corrected chi connectivity index (χ0v) is 7.36. The van der Waals surface area contributed by atoms with E-state index in [9.17, 15) is 4.79 Å². The second kappa shape index (κ2) is 3.78. The zero-order chi connectivity index (χ0) is 9.80. The molecule has 0 bridgehead atoms. The number of nitrogens with one attached hydrogen (secondary N) is 2. The number of rotatable bonds is 3. The summed E-state index contributed by atoms with van der Waals surface area (Å²) in [6.07, 6.45) is 4.58. The van der Waals surface area contributed by atoms with E-state index in [0.29, 0.717) is 12.1 Å². The van der Waals surface area contributed by atoms with Gasteiger partial charge in [-0.05, 0) is 12.1 Å². The first kappa shape index (κ1) is 8.55. The summed E-state index contributed by atoms with van der Waals surface area (Å²) in [6.45, 7) is 0.386. The number of furan rings is 1. The number of aromatic amines is 1. The van der Waals surface area contributed by atoms with E-state index in [0.717, 1.165) is 5.76 Å².